The highest BCUT2D eigenvalue weighted by Crippen LogP contribution is 1.88. The fourth-order valence-electron chi connectivity index (χ4n) is 0. The second-order valence-electron chi connectivity index (χ2n) is 6.34. The first-order chi connectivity index (χ1) is 6.00. The highest BCUT2D eigenvalue weighted by atomic mass is 16.3. The highest BCUT2D eigenvalue weighted by Gasteiger charge is 1.84. The Morgan fingerprint density at radius 2 is 0.389 bits per heavy atom. The Kier molecular flexibility index (Phi) is 26.4. The molecule has 120 valence electrons. The van der Waals surface area contributed by atoms with Crippen LogP contribution in [0.25, 0.3) is 0 Å². The second kappa shape index (κ2) is 13.2. The Hall–Kier alpha value is -0.240. The minimum atomic E-state index is -0.750. The van der Waals surface area contributed by atoms with E-state index in [1.165, 1.54) is 0 Å². The van der Waals surface area contributed by atoms with Crippen molar-refractivity contribution in [3.8, 4) is 0 Å². The molecule has 0 atom stereocenters. The van der Waals surface area contributed by atoms with Crippen LogP contribution in [-0.2, 0) is 0 Å². The second-order valence-corrected chi connectivity index (χ2v) is 6.34. The van der Waals surface area contributed by atoms with Gasteiger partial charge in [0.2, 0.25) is 0 Å². The molecule has 0 aliphatic carbocycles. The molecule has 0 fully saturated rings. The maximum Gasteiger partial charge on any atom is -0.0756 e. The van der Waals surface area contributed by atoms with Gasteiger partial charge in [-0.25, -0.2) is 0 Å². The van der Waals surface area contributed by atoms with Crippen LogP contribution in [0.4, 0.5) is 0 Å². The molecule has 0 amide bonds. The Morgan fingerprint density at radius 1 is 0.389 bits per heavy atom. The van der Waals surface area contributed by atoms with Crippen molar-refractivity contribution < 1.29 is 15.3 Å². The molecule has 0 aliphatic heterocycles. The van der Waals surface area contributed by atoms with E-state index < -0.39 is 16.8 Å². The molecule has 0 unspecified atom stereocenters. The smallest absolute Gasteiger partial charge is 0.0756 e. The van der Waals surface area contributed by atoms with Crippen LogP contribution < -0.4 is 33.8 Å². The van der Waals surface area contributed by atoms with E-state index >= 15 is 0 Å². The summed E-state index contributed by atoms with van der Waals surface area (Å²) in [7, 11) is 0. The summed E-state index contributed by atoms with van der Waals surface area (Å²) < 4.78 is 0. The molecule has 0 aromatic heterocycles. The van der Waals surface area contributed by atoms with Crippen LogP contribution in [0.5, 0.6) is 0 Å². The lowest BCUT2D eigenvalue weighted by Crippen LogP contribution is -2.31. The molecule has 6 nitrogen and oxygen atoms in total. The summed E-state index contributed by atoms with van der Waals surface area (Å²) in [5, 5.41) is 30.3. The SMILES string of the molecule is CC(C)(C)[O-].CC(C)(C)[O-].CC(C)(C)[O-].[NH4+].[NH4+].[NH4+]. The molecular formula is C12H39N3O3. The highest BCUT2D eigenvalue weighted by molar-refractivity contribution is 4.48. The van der Waals surface area contributed by atoms with Gasteiger partial charge in [0.1, 0.15) is 0 Å². The summed E-state index contributed by atoms with van der Waals surface area (Å²) in [5.41, 5.74) is -2.25. The summed E-state index contributed by atoms with van der Waals surface area (Å²) in [6.07, 6.45) is 0. The molecule has 0 aromatic rings. The molecule has 6 heteroatoms. The Labute approximate surface area is 114 Å². The van der Waals surface area contributed by atoms with Crippen molar-refractivity contribution in [2.45, 2.75) is 79.1 Å². The molecule has 12 N–H and O–H groups in total. The lowest BCUT2D eigenvalue weighted by atomic mass is 10.2. The van der Waals surface area contributed by atoms with Gasteiger partial charge in [-0.05, 0) is 0 Å². The standard InChI is InChI=1S/3C4H9O.3H3N/c3*1-4(2,3)5;;;/h3*1-3H3;3*1H3/q3*-1;;;/p+3. The topological polar surface area (TPSA) is 179 Å². The van der Waals surface area contributed by atoms with Crippen LogP contribution in [-0.4, -0.2) is 16.8 Å². The molecule has 0 spiro atoms. The maximum atomic E-state index is 10.1. The van der Waals surface area contributed by atoms with Gasteiger partial charge in [-0.2, -0.15) is 0 Å². The van der Waals surface area contributed by atoms with E-state index in [0.717, 1.165) is 0 Å². The summed E-state index contributed by atoms with van der Waals surface area (Å²) in [4.78, 5) is 0. The lowest BCUT2D eigenvalue weighted by Gasteiger charge is -2.23. The summed E-state index contributed by atoms with van der Waals surface area (Å²) in [6, 6.07) is 0. The lowest BCUT2D eigenvalue weighted by molar-refractivity contribution is -0.459. The van der Waals surface area contributed by atoms with E-state index in [-0.39, 0.29) is 18.5 Å². The van der Waals surface area contributed by atoms with E-state index in [2.05, 4.69) is 0 Å². The van der Waals surface area contributed by atoms with Crippen LogP contribution in [0.1, 0.15) is 62.3 Å². The van der Waals surface area contributed by atoms with E-state index in [0.29, 0.717) is 0 Å². The third kappa shape index (κ3) is 59600. The number of quaternary nitrogens is 3. The summed E-state index contributed by atoms with van der Waals surface area (Å²) >= 11 is 0. The van der Waals surface area contributed by atoms with Crippen molar-refractivity contribution >= 4 is 0 Å². The van der Waals surface area contributed by atoms with Crippen molar-refractivity contribution in [2.24, 2.45) is 0 Å². The zero-order chi connectivity index (χ0) is 13.5. The molecule has 0 rings (SSSR count). The van der Waals surface area contributed by atoms with Crippen LogP contribution in [0, 0.1) is 0 Å². The van der Waals surface area contributed by atoms with Crippen molar-refractivity contribution in [2.75, 3.05) is 0 Å². The third-order valence-corrected chi connectivity index (χ3v) is 0. The van der Waals surface area contributed by atoms with Crippen molar-refractivity contribution in [3.05, 3.63) is 0 Å². The van der Waals surface area contributed by atoms with Gasteiger partial charge < -0.3 is 33.8 Å². The first-order valence-electron chi connectivity index (χ1n) is 5.11. The normalized spacial score (nSPS) is 10.0. The van der Waals surface area contributed by atoms with Gasteiger partial charge >= 0.3 is 0 Å². The number of hydrogen-bond donors (Lipinski definition) is 3. The molecule has 0 saturated carbocycles. The molecule has 0 aliphatic rings. The average Bonchev–Trinajstić information content (AvgIpc) is 1.41. The van der Waals surface area contributed by atoms with Crippen LogP contribution in [0.3, 0.4) is 0 Å². The van der Waals surface area contributed by atoms with E-state index in [9.17, 15) is 15.3 Å². The quantitative estimate of drug-likeness (QED) is 0.607. The Bertz CT molecular complexity index is 97.6. The third-order valence-electron chi connectivity index (χ3n) is 0. The van der Waals surface area contributed by atoms with Gasteiger partial charge in [0.05, 0.1) is 0 Å². The van der Waals surface area contributed by atoms with Crippen LogP contribution >= 0.6 is 0 Å². The average molecular weight is 273 g/mol. The first-order valence-corrected chi connectivity index (χ1v) is 5.11. The molecule has 0 heterocycles. The summed E-state index contributed by atoms with van der Waals surface area (Å²) in [5.74, 6) is 0. The molecule has 0 radical (unpaired) electrons. The van der Waals surface area contributed by atoms with Gasteiger partial charge in [-0.3, -0.25) is 0 Å². The predicted molar refractivity (Wildman–Crippen MR) is 77.2 cm³/mol. The monoisotopic (exact) mass is 273 g/mol. The molecule has 0 aromatic carbocycles. The largest absolute Gasteiger partial charge is 0.850 e. The molecule has 18 heavy (non-hydrogen) atoms. The van der Waals surface area contributed by atoms with E-state index in [1.54, 1.807) is 62.3 Å². The summed E-state index contributed by atoms with van der Waals surface area (Å²) in [6.45, 7) is 14.7. The van der Waals surface area contributed by atoms with Gasteiger partial charge in [-0.1, -0.05) is 62.3 Å². The zero-order valence-electron chi connectivity index (χ0n) is 14.7. The van der Waals surface area contributed by atoms with Gasteiger partial charge in [0.25, 0.3) is 0 Å². The molecule has 0 saturated heterocycles. The Morgan fingerprint density at radius 3 is 0.389 bits per heavy atom. The van der Waals surface area contributed by atoms with Gasteiger partial charge in [0, 0.05) is 0 Å². The van der Waals surface area contributed by atoms with E-state index in [4.69, 9.17) is 0 Å². The van der Waals surface area contributed by atoms with Gasteiger partial charge in [-0.15, -0.1) is 16.8 Å². The minimum Gasteiger partial charge on any atom is -0.850 e. The Balaban J connectivity index is -0.0000000277. The predicted octanol–water partition coefficient (Wildman–Crippen LogP) is 1.56. The van der Waals surface area contributed by atoms with Crippen LogP contribution in [0.15, 0.2) is 0 Å². The molecule has 0 bridgehead atoms. The van der Waals surface area contributed by atoms with E-state index in [1.807, 2.05) is 0 Å². The fourth-order valence-corrected chi connectivity index (χ4v) is 0. The number of rotatable bonds is 0. The number of hydrogen-bond acceptors (Lipinski definition) is 3. The van der Waals surface area contributed by atoms with Gasteiger partial charge in [0.15, 0.2) is 0 Å². The maximum absolute atomic E-state index is 10.1. The van der Waals surface area contributed by atoms with Crippen molar-refractivity contribution in [1.29, 1.82) is 0 Å². The minimum absolute atomic E-state index is 0. The van der Waals surface area contributed by atoms with Crippen LogP contribution in [0.2, 0.25) is 0 Å². The fraction of sp³-hybridized carbons (Fsp3) is 1.00. The zero-order valence-corrected chi connectivity index (χ0v) is 14.7. The first kappa shape index (κ1) is 36.1. The van der Waals surface area contributed by atoms with Crippen molar-refractivity contribution in [3.63, 3.8) is 0 Å². The molecular weight excluding hydrogens is 234 g/mol. The van der Waals surface area contributed by atoms with Crippen molar-refractivity contribution in [1.82, 2.24) is 18.5 Å².